The number of hydrogen-bond donors (Lipinski definition) is 2. The Hall–Kier alpha value is -3.37. The number of pyridine rings is 1. The van der Waals surface area contributed by atoms with Crippen molar-refractivity contribution in [2.24, 2.45) is 0 Å². The summed E-state index contributed by atoms with van der Waals surface area (Å²) in [5.41, 5.74) is 6.29. The maximum absolute atomic E-state index is 13.4. The minimum absolute atomic E-state index is 0.0110. The van der Waals surface area contributed by atoms with Gasteiger partial charge in [0.1, 0.15) is 16.8 Å². The molecule has 3 aromatic rings. The van der Waals surface area contributed by atoms with Gasteiger partial charge in [-0.05, 0) is 75.4 Å². The van der Waals surface area contributed by atoms with Crippen molar-refractivity contribution in [2.45, 2.75) is 65.2 Å². The van der Waals surface area contributed by atoms with Gasteiger partial charge in [0.05, 0.1) is 5.69 Å². The monoisotopic (exact) mass is 533 g/mol. The van der Waals surface area contributed by atoms with Crippen molar-refractivity contribution < 1.29 is 9.00 Å². The highest BCUT2D eigenvalue weighted by molar-refractivity contribution is 7.85. The van der Waals surface area contributed by atoms with Crippen LogP contribution >= 0.6 is 0 Å². The summed E-state index contributed by atoms with van der Waals surface area (Å²) in [6.07, 6.45) is 7.93. The molecule has 0 aliphatic carbocycles. The van der Waals surface area contributed by atoms with Crippen LogP contribution in [0.15, 0.2) is 42.7 Å². The maximum Gasteiger partial charge on any atom is 0.254 e. The van der Waals surface area contributed by atoms with E-state index in [1.54, 1.807) is 18.3 Å². The van der Waals surface area contributed by atoms with Gasteiger partial charge >= 0.3 is 0 Å². The number of hydrogen-bond acceptors (Lipinski definition) is 7. The third-order valence-electron chi connectivity index (χ3n) is 7.63. The number of aromatic nitrogens is 3. The molecular formula is C28H35N7O2S. The predicted octanol–water partition coefficient (Wildman–Crippen LogP) is 4.34. The van der Waals surface area contributed by atoms with Crippen LogP contribution in [0.3, 0.4) is 0 Å². The largest absolute Gasteiger partial charge is 0.336 e. The van der Waals surface area contributed by atoms with Crippen LogP contribution in [0, 0.1) is 13.8 Å². The van der Waals surface area contributed by atoms with Crippen molar-refractivity contribution in [3.05, 3.63) is 70.7 Å². The van der Waals surface area contributed by atoms with Crippen molar-refractivity contribution in [2.75, 3.05) is 22.8 Å². The van der Waals surface area contributed by atoms with Gasteiger partial charge in [-0.2, -0.15) is 0 Å². The highest BCUT2D eigenvalue weighted by atomic mass is 32.2. The number of amides is 1. The number of aryl methyl sites for hydroxylation is 2. The molecule has 1 fully saturated rings. The summed E-state index contributed by atoms with van der Waals surface area (Å²) in [4.78, 5) is 31.4. The van der Waals surface area contributed by atoms with Gasteiger partial charge in [0.25, 0.3) is 5.91 Å². The molecule has 9 nitrogen and oxygen atoms in total. The van der Waals surface area contributed by atoms with E-state index in [-0.39, 0.29) is 11.9 Å². The van der Waals surface area contributed by atoms with Gasteiger partial charge in [-0.25, -0.2) is 19.2 Å². The standard InChI is InChI=1S/C28H35N7O2S/c1-18-5-7-23(13-19(18)2)31-28-30-15-22-16-34(17-25(22)32-28)24-8-6-20(3)35(12-10-24)27(36)21-9-11-29-26(14-21)33-38(4)37/h5,7,9,11,13-15,20,24H,6,8,10,12,16-17H2,1-4H3,(H,29,33)(H,30,31,32)/t20-,24+,38?/m1/s1. The second kappa shape index (κ2) is 11.2. The zero-order valence-corrected chi connectivity index (χ0v) is 23.2. The van der Waals surface area contributed by atoms with Crippen LogP contribution in [0.2, 0.25) is 0 Å². The molecule has 10 heteroatoms. The molecule has 0 saturated carbocycles. The number of rotatable bonds is 6. The van der Waals surface area contributed by atoms with Crippen LogP contribution in [-0.2, 0) is 24.1 Å². The lowest BCUT2D eigenvalue weighted by Gasteiger charge is -2.28. The highest BCUT2D eigenvalue weighted by Crippen LogP contribution is 2.30. The van der Waals surface area contributed by atoms with Crippen LogP contribution < -0.4 is 10.0 Å². The Morgan fingerprint density at radius 2 is 1.89 bits per heavy atom. The van der Waals surface area contributed by atoms with E-state index in [9.17, 15) is 9.00 Å². The number of benzene rings is 1. The fourth-order valence-corrected chi connectivity index (χ4v) is 5.69. The number of likely N-dealkylation sites (tertiary alicyclic amines) is 1. The van der Waals surface area contributed by atoms with Crippen molar-refractivity contribution in [1.29, 1.82) is 0 Å². The van der Waals surface area contributed by atoms with E-state index >= 15 is 0 Å². The first-order valence-corrected chi connectivity index (χ1v) is 14.6. The number of anilines is 3. The molecule has 0 radical (unpaired) electrons. The smallest absolute Gasteiger partial charge is 0.254 e. The minimum atomic E-state index is -1.25. The first kappa shape index (κ1) is 26.2. The Morgan fingerprint density at radius 1 is 1.05 bits per heavy atom. The molecular weight excluding hydrogens is 498 g/mol. The maximum atomic E-state index is 13.4. The number of carbonyl (C=O) groups is 1. The van der Waals surface area contributed by atoms with Crippen LogP contribution in [0.5, 0.6) is 0 Å². The highest BCUT2D eigenvalue weighted by Gasteiger charge is 2.32. The van der Waals surface area contributed by atoms with E-state index < -0.39 is 11.0 Å². The number of fused-ring (bicyclic) bond motifs is 1. The van der Waals surface area contributed by atoms with Crippen LogP contribution in [0.1, 0.15) is 58.9 Å². The summed E-state index contributed by atoms with van der Waals surface area (Å²) in [6, 6.07) is 10.2. The molecule has 2 aromatic heterocycles. The van der Waals surface area contributed by atoms with E-state index in [4.69, 9.17) is 4.98 Å². The second-order valence-corrected chi connectivity index (χ2v) is 11.5. The first-order chi connectivity index (χ1) is 18.3. The number of nitrogens with zero attached hydrogens (tertiary/aromatic N) is 5. The molecule has 4 heterocycles. The Balaban J connectivity index is 1.23. The molecule has 1 aromatic carbocycles. The SMILES string of the molecule is Cc1ccc(Nc2ncc3c(n2)CN([C@H]2CC[C@@H](C)N(C(=O)c4ccnc(NS(C)=O)c4)CC2)C3)cc1C. The Labute approximate surface area is 226 Å². The fraction of sp³-hybridized carbons (Fsp3) is 0.429. The first-order valence-electron chi connectivity index (χ1n) is 13.1. The van der Waals surface area contributed by atoms with E-state index in [2.05, 4.69) is 63.9 Å². The molecule has 2 N–H and O–H groups in total. The van der Waals surface area contributed by atoms with Gasteiger partial charge in [0.2, 0.25) is 5.95 Å². The Bertz CT molecular complexity index is 1360. The van der Waals surface area contributed by atoms with E-state index in [0.717, 1.165) is 43.7 Å². The normalized spacial score (nSPS) is 20.5. The molecule has 0 bridgehead atoms. The summed E-state index contributed by atoms with van der Waals surface area (Å²) in [5, 5.41) is 3.35. The van der Waals surface area contributed by atoms with Crippen molar-refractivity contribution in [3.63, 3.8) is 0 Å². The van der Waals surface area contributed by atoms with Gasteiger partial charge in [-0.15, -0.1) is 0 Å². The average Bonchev–Trinajstić information content (AvgIpc) is 3.21. The molecule has 1 amide bonds. The van der Waals surface area contributed by atoms with Crippen molar-refractivity contribution >= 4 is 34.3 Å². The lowest BCUT2D eigenvalue weighted by Crippen LogP contribution is -2.38. The minimum Gasteiger partial charge on any atom is -0.336 e. The van der Waals surface area contributed by atoms with E-state index in [1.165, 1.54) is 22.9 Å². The number of nitrogens with one attached hydrogen (secondary N) is 2. The molecule has 1 saturated heterocycles. The Kier molecular flexibility index (Phi) is 7.71. The Morgan fingerprint density at radius 3 is 2.68 bits per heavy atom. The zero-order chi connectivity index (χ0) is 26.8. The summed E-state index contributed by atoms with van der Waals surface area (Å²) in [7, 11) is -1.25. The number of carbonyl (C=O) groups excluding carboxylic acids is 1. The quantitative estimate of drug-likeness (QED) is 0.486. The van der Waals surface area contributed by atoms with Crippen molar-refractivity contribution in [3.8, 4) is 0 Å². The van der Waals surface area contributed by atoms with Crippen molar-refractivity contribution in [1.82, 2.24) is 24.8 Å². The molecule has 38 heavy (non-hydrogen) atoms. The lowest BCUT2D eigenvalue weighted by atomic mass is 10.1. The predicted molar refractivity (Wildman–Crippen MR) is 151 cm³/mol. The molecule has 1 unspecified atom stereocenters. The molecule has 2 aliphatic rings. The van der Waals surface area contributed by atoms with Gasteiger partial charge in [-0.3, -0.25) is 14.4 Å². The van der Waals surface area contributed by atoms with Crippen LogP contribution in [0.25, 0.3) is 0 Å². The zero-order valence-electron chi connectivity index (χ0n) is 22.4. The molecule has 200 valence electrons. The van der Waals surface area contributed by atoms with Gasteiger partial charge < -0.3 is 10.2 Å². The van der Waals surface area contributed by atoms with Gasteiger partial charge in [0.15, 0.2) is 0 Å². The third kappa shape index (κ3) is 5.86. The van der Waals surface area contributed by atoms with Gasteiger partial charge in [-0.1, -0.05) is 6.07 Å². The van der Waals surface area contributed by atoms with Crippen LogP contribution in [0.4, 0.5) is 17.5 Å². The molecule has 0 spiro atoms. The summed E-state index contributed by atoms with van der Waals surface area (Å²) >= 11 is 0. The molecule has 2 aliphatic heterocycles. The summed E-state index contributed by atoms with van der Waals surface area (Å²) in [6.45, 7) is 8.64. The topological polar surface area (TPSA) is 103 Å². The third-order valence-corrected chi connectivity index (χ3v) is 8.13. The molecule has 5 rings (SSSR count). The van der Waals surface area contributed by atoms with Gasteiger partial charge in [0, 0.05) is 67.2 Å². The van der Waals surface area contributed by atoms with E-state index in [0.29, 0.717) is 29.9 Å². The van der Waals surface area contributed by atoms with Crippen LogP contribution in [-0.4, -0.2) is 59.8 Å². The second-order valence-electron chi connectivity index (χ2n) is 10.3. The van der Waals surface area contributed by atoms with E-state index in [1.807, 2.05) is 11.1 Å². The lowest BCUT2D eigenvalue weighted by molar-refractivity contribution is 0.0694. The molecule has 3 atom stereocenters. The summed E-state index contributed by atoms with van der Waals surface area (Å²) < 4.78 is 14.3. The fourth-order valence-electron chi connectivity index (χ4n) is 5.29. The average molecular weight is 534 g/mol. The summed E-state index contributed by atoms with van der Waals surface area (Å²) in [5.74, 6) is 1.06.